The van der Waals surface area contributed by atoms with Crippen molar-refractivity contribution in [3.05, 3.63) is 54.8 Å². The maximum Gasteiger partial charge on any atom is 0.137 e. The maximum absolute atomic E-state index is 13.5. The van der Waals surface area contributed by atoms with E-state index < -0.39 is 0 Å². The van der Waals surface area contributed by atoms with Gasteiger partial charge in [-0.3, -0.25) is 11.3 Å². The highest BCUT2D eigenvalue weighted by molar-refractivity contribution is 9.11. The first kappa shape index (κ1) is 14.1. The van der Waals surface area contributed by atoms with Crippen molar-refractivity contribution >= 4 is 43.2 Å². The van der Waals surface area contributed by atoms with E-state index >= 15 is 0 Å². The number of thiophene rings is 1. The van der Waals surface area contributed by atoms with Gasteiger partial charge in [0, 0.05) is 11.3 Å². The van der Waals surface area contributed by atoms with Crippen LogP contribution in [0.25, 0.3) is 0 Å². The Kier molecular flexibility index (Phi) is 4.91. The first-order valence-corrected chi connectivity index (χ1v) is 7.65. The highest BCUT2D eigenvalue weighted by atomic mass is 79.9. The van der Waals surface area contributed by atoms with E-state index in [2.05, 4.69) is 37.3 Å². The molecule has 0 saturated carbocycles. The van der Waals surface area contributed by atoms with Crippen LogP contribution in [0.1, 0.15) is 16.5 Å². The predicted octanol–water partition coefficient (Wildman–Crippen LogP) is 4.16. The molecule has 1 heterocycles. The SMILES string of the molecule is NNC(Cc1ccc(Br)s1)c1ccc(Br)c(F)c1. The number of nitrogens with one attached hydrogen (secondary N) is 1. The molecule has 2 aromatic rings. The number of hydrogen-bond acceptors (Lipinski definition) is 3. The van der Waals surface area contributed by atoms with Gasteiger partial charge in [-0.1, -0.05) is 6.07 Å². The van der Waals surface area contributed by atoms with E-state index in [9.17, 15) is 4.39 Å². The van der Waals surface area contributed by atoms with Crippen molar-refractivity contribution < 1.29 is 4.39 Å². The van der Waals surface area contributed by atoms with Crippen molar-refractivity contribution in [2.24, 2.45) is 5.84 Å². The molecule has 0 fully saturated rings. The van der Waals surface area contributed by atoms with E-state index in [1.807, 2.05) is 18.2 Å². The van der Waals surface area contributed by atoms with Crippen LogP contribution in [0, 0.1) is 5.82 Å². The van der Waals surface area contributed by atoms with Gasteiger partial charge in [0.15, 0.2) is 0 Å². The summed E-state index contributed by atoms with van der Waals surface area (Å²) in [5, 5.41) is 0. The second-order valence-electron chi connectivity index (χ2n) is 3.80. The number of hydrogen-bond donors (Lipinski definition) is 2. The summed E-state index contributed by atoms with van der Waals surface area (Å²) in [6, 6.07) is 8.99. The molecule has 1 unspecified atom stereocenters. The summed E-state index contributed by atoms with van der Waals surface area (Å²) in [5.74, 6) is 5.28. The number of rotatable bonds is 4. The van der Waals surface area contributed by atoms with Gasteiger partial charge in [-0.25, -0.2) is 4.39 Å². The van der Waals surface area contributed by atoms with Crippen LogP contribution in [0.3, 0.4) is 0 Å². The van der Waals surface area contributed by atoms with E-state index in [1.165, 1.54) is 10.9 Å². The molecule has 0 aliphatic carbocycles. The smallest absolute Gasteiger partial charge is 0.137 e. The minimum Gasteiger partial charge on any atom is -0.271 e. The van der Waals surface area contributed by atoms with Crippen LogP contribution in [0.2, 0.25) is 0 Å². The normalized spacial score (nSPS) is 12.7. The molecule has 0 saturated heterocycles. The van der Waals surface area contributed by atoms with Crippen molar-refractivity contribution in [3.63, 3.8) is 0 Å². The Hall–Kier alpha value is -0.270. The Morgan fingerprint density at radius 3 is 2.61 bits per heavy atom. The highest BCUT2D eigenvalue weighted by Gasteiger charge is 2.13. The molecule has 1 atom stereocenters. The number of benzene rings is 1. The zero-order valence-corrected chi connectivity index (χ0v) is 13.3. The number of nitrogens with two attached hydrogens (primary N) is 1. The van der Waals surface area contributed by atoms with E-state index in [1.54, 1.807) is 17.4 Å². The van der Waals surface area contributed by atoms with Crippen LogP contribution in [0.15, 0.2) is 38.6 Å². The largest absolute Gasteiger partial charge is 0.271 e. The Balaban J connectivity index is 2.19. The van der Waals surface area contributed by atoms with Gasteiger partial charge in [-0.15, -0.1) is 11.3 Å². The van der Waals surface area contributed by atoms with Gasteiger partial charge in [-0.05, 0) is 61.7 Å². The van der Waals surface area contributed by atoms with E-state index in [0.717, 1.165) is 15.8 Å². The second kappa shape index (κ2) is 6.25. The lowest BCUT2D eigenvalue weighted by atomic mass is 10.0. The zero-order chi connectivity index (χ0) is 13.1. The van der Waals surface area contributed by atoms with Crippen molar-refractivity contribution in [1.82, 2.24) is 5.43 Å². The topological polar surface area (TPSA) is 38.0 Å². The molecule has 1 aromatic carbocycles. The molecule has 96 valence electrons. The Morgan fingerprint density at radius 2 is 2.06 bits per heavy atom. The standard InChI is InChI=1S/C12H11Br2FN2S/c13-9-3-1-7(5-10(9)15)11(17-16)6-8-2-4-12(14)18-8/h1-5,11,17H,6,16H2. The fraction of sp³-hybridized carbons (Fsp3) is 0.167. The zero-order valence-electron chi connectivity index (χ0n) is 9.29. The van der Waals surface area contributed by atoms with Crippen molar-refractivity contribution in [2.75, 3.05) is 0 Å². The Bertz CT molecular complexity index is 545. The lowest BCUT2D eigenvalue weighted by Crippen LogP contribution is -2.29. The van der Waals surface area contributed by atoms with Gasteiger partial charge < -0.3 is 0 Å². The quantitative estimate of drug-likeness (QED) is 0.604. The van der Waals surface area contributed by atoms with Crippen molar-refractivity contribution in [2.45, 2.75) is 12.5 Å². The van der Waals surface area contributed by atoms with E-state index in [-0.39, 0.29) is 11.9 Å². The van der Waals surface area contributed by atoms with Gasteiger partial charge in [-0.2, -0.15) is 0 Å². The molecular formula is C12H11Br2FN2S. The van der Waals surface area contributed by atoms with Gasteiger partial charge >= 0.3 is 0 Å². The summed E-state index contributed by atoms with van der Waals surface area (Å²) in [6.07, 6.45) is 0.730. The van der Waals surface area contributed by atoms with E-state index in [0.29, 0.717) is 4.47 Å². The monoisotopic (exact) mass is 392 g/mol. The number of hydrazine groups is 1. The first-order valence-electron chi connectivity index (χ1n) is 5.25. The molecule has 0 amide bonds. The molecule has 0 radical (unpaired) electrons. The summed E-state index contributed by atoms with van der Waals surface area (Å²) in [4.78, 5) is 1.19. The molecule has 1 aromatic heterocycles. The molecule has 0 aliphatic rings. The summed E-state index contributed by atoms with van der Waals surface area (Å²) >= 11 is 8.21. The van der Waals surface area contributed by atoms with Crippen LogP contribution >= 0.6 is 43.2 Å². The average molecular weight is 394 g/mol. The third-order valence-electron chi connectivity index (χ3n) is 2.58. The second-order valence-corrected chi connectivity index (χ2v) is 7.20. The van der Waals surface area contributed by atoms with Crippen LogP contribution in [-0.2, 0) is 6.42 Å². The van der Waals surface area contributed by atoms with Crippen molar-refractivity contribution in [1.29, 1.82) is 0 Å². The third kappa shape index (κ3) is 3.39. The summed E-state index contributed by atoms with van der Waals surface area (Å²) in [5.41, 5.74) is 3.57. The van der Waals surface area contributed by atoms with Gasteiger partial charge in [0.05, 0.1) is 14.3 Å². The summed E-state index contributed by atoms with van der Waals surface area (Å²) < 4.78 is 15.0. The fourth-order valence-electron chi connectivity index (χ4n) is 1.66. The van der Waals surface area contributed by atoms with Crippen molar-refractivity contribution in [3.8, 4) is 0 Å². The summed E-state index contributed by atoms with van der Waals surface area (Å²) in [7, 11) is 0. The van der Waals surface area contributed by atoms with Crippen LogP contribution in [0.5, 0.6) is 0 Å². The van der Waals surface area contributed by atoms with Crippen LogP contribution < -0.4 is 11.3 Å². The van der Waals surface area contributed by atoms with Crippen LogP contribution in [-0.4, -0.2) is 0 Å². The van der Waals surface area contributed by atoms with E-state index in [4.69, 9.17) is 5.84 Å². The first-order chi connectivity index (χ1) is 8.60. The molecule has 0 bridgehead atoms. The van der Waals surface area contributed by atoms with Gasteiger partial charge in [0.2, 0.25) is 0 Å². The number of halogens is 3. The lowest BCUT2D eigenvalue weighted by Gasteiger charge is -2.15. The molecule has 18 heavy (non-hydrogen) atoms. The molecule has 6 heteroatoms. The molecule has 0 spiro atoms. The highest BCUT2D eigenvalue weighted by Crippen LogP contribution is 2.28. The molecule has 2 nitrogen and oxygen atoms in total. The van der Waals surface area contributed by atoms with Gasteiger partial charge in [0.25, 0.3) is 0 Å². The minimum absolute atomic E-state index is 0.0989. The average Bonchev–Trinajstić information content (AvgIpc) is 2.75. The Morgan fingerprint density at radius 1 is 1.28 bits per heavy atom. The lowest BCUT2D eigenvalue weighted by molar-refractivity contribution is 0.546. The third-order valence-corrected chi connectivity index (χ3v) is 4.87. The molecule has 0 aliphatic heterocycles. The molecule has 2 rings (SSSR count). The Labute approximate surface area is 126 Å². The van der Waals surface area contributed by atoms with Gasteiger partial charge in [0.1, 0.15) is 5.82 Å². The summed E-state index contributed by atoms with van der Waals surface area (Å²) in [6.45, 7) is 0. The maximum atomic E-state index is 13.5. The molecular weight excluding hydrogens is 383 g/mol. The molecule has 3 N–H and O–H groups in total. The van der Waals surface area contributed by atoms with Crippen LogP contribution in [0.4, 0.5) is 4.39 Å². The minimum atomic E-state index is -0.278. The fourth-order valence-corrected chi connectivity index (χ4v) is 3.44. The predicted molar refractivity (Wildman–Crippen MR) is 79.9 cm³/mol.